The second kappa shape index (κ2) is 3.45. The Morgan fingerprint density at radius 2 is 2.00 bits per heavy atom. The first-order valence-corrected chi connectivity index (χ1v) is 5.15. The van der Waals surface area contributed by atoms with E-state index in [1.54, 1.807) is 0 Å². The van der Waals surface area contributed by atoms with E-state index in [-0.39, 0.29) is 11.5 Å². The molecule has 0 radical (unpaired) electrons. The zero-order valence-corrected chi connectivity index (χ0v) is 8.88. The van der Waals surface area contributed by atoms with Crippen molar-refractivity contribution in [1.82, 2.24) is 4.98 Å². The molecule has 1 fully saturated rings. The predicted molar refractivity (Wildman–Crippen MR) is 53.8 cm³/mol. The molecule has 16 heavy (non-hydrogen) atoms. The van der Waals surface area contributed by atoms with E-state index < -0.39 is 11.9 Å². The van der Waals surface area contributed by atoms with Gasteiger partial charge in [0.2, 0.25) is 0 Å². The number of alkyl halides is 3. The fourth-order valence-electron chi connectivity index (χ4n) is 2.00. The van der Waals surface area contributed by atoms with Crippen LogP contribution < -0.4 is 5.73 Å². The first-order chi connectivity index (χ1) is 7.36. The van der Waals surface area contributed by atoms with Crippen LogP contribution in [0.2, 0.25) is 0 Å². The zero-order chi connectivity index (χ0) is 12.0. The summed E-state index contributed by atoms with van der Waals surface area (Å²) < 4.78 is 36.9. The average molecular weight is 230 g/mol. The van der Waals surface area contributed by atoms with E-state index in [1.807, 2.05) is 6.92 Å². The molecule has 1 heterocycles. The van der Waals surface area contributed by atoms with Crippen molar-refractivity contribution >= 4 is 0 Å². The topological polar surface area (TPSA) is 38.9 Å². The number of nitrogens with zero attached hydrogens (tertiary/aromatic N) is 1. The minimum atomic E-state index is -4.37. The van der Waals surface area contributed by atoms with Crippen molar-refractivity contribution in [3.63, 3.8) is 0 Å². The van der Waals surface area contributed by atoms with E-state index in [4.69, 9.17) is 5.73 Å². The Morgan fingerprint density at radius 1 is 1.38 bits per heavy atom. The molecule has 2 rings (SSSR count). The van der Waals surface area contributed by atoms with E-state index in [0.717, 1.165) is 24.5 Å². The lowest BCUT2D eigenvalue weighted by Crippen LogP contribution is -2.31. The maximum atomic E-state index is 12.3. The predicted octanol–water partition coefficient (Wildman–Crippen LogP) is 2.48. The summed E-state index contributed by atoms with van der Waals surface area (Å²) in [6.45, 7) is 1.88. The van der Waals surface area contributed by atoms with Crippen LogP contribution in [0.1, 0.15) is 31.0 Å². The minimum absolute atomic E-state index is 0.0500. The van der Waals surface area contributed by atoms with Crippen LogP contribution in [0, 0.1) is 0 Å². The number of halogens is 3. The van der Waals surface area contributed by atoms with Gasteiger partial charge in [-0.2, -0.15) is 13.2 Å². The van der Waals surface area contributed by atoms with E-state index in [2.05, 4.69) is 4.98 Å². The zero-order valence-electron chi connectivity index (χ0n) is 8.88. The van der Waals surface area contributed by atoms with Gasteiger partial charge < -0.3 is 5.73 Å². The SMILES string of the molecule is CC(N)C1(c2ccc(C(F)(F)F)nc2)CC1. The molecule has 2 nitrogen and oxygen atoms in total. The second-order valence-electron chi connectivity index (χ2n) is 4.37. The highest BCUT2D eigenvalue weighted by Gasteiger charge is 2.47. The Hall–Kier alpha value is -1.10. The Morgan fingerprint density at radius 3 is 2.31 bits per heavy atom. The van der Waals surface area contributed by atoms with Crippen LogP contribution in [-0.4, -0.2) is 11.0 Å². The van der Waals surface area contributed by atoms with Crippen LogP contribution in [0.15, 0.2) is 18.3 Å². The lowest BCUT2D eigenvalue weighted by Gasteiger charge is -2.19. The molecule has 1 aromatic heterocycles. The number of aromatic nitrogens is 1. The third kappa shape index (κ3) is 1.80. The molecule has 0 saturated heterocycles. The Balaban J connectivity index is 2.27. The molecule has 1 aliphatic carbocycles. The van der Waals surface area contributed by atoms with Crippen molar-refractivity contribution in [3.8, 4) is 0 Å². The summed E-state index contributed by atoms with van der Waals surface area (Å²) >= 11 is 0. The van der Waals surface area contributed by atoms with Gasteiger partial charge >= 0.3 is 6.18 Å². The molecular weight excluding hydrogens is 217 g/mol. The van der Waals surface area contributed by atoms with Crippen LogP contribution in [0.5, 0.6) is 0 Å². The van der Waals surface area contributed by atoms with E-state index in [0.29, 0.717) is 0 Å². The van der Waals surface area contributed by atoms with Crippen LogP contribution in [0.25, 0.3) is 0 Å². The largest absolute Gasteiger partial charge is 0.433 e. The van der Waals surface area contributed by atoms with Gasteiger partial charge in [0.15, 0.2) is 0 Å². The van der Waals surface area contributed by atoms with Gasteiger partial charge in [0.25, 0.3) is 0 Å². The number of hydrogen-bond acceptors (Lipinski definition) is 2. The monoisotopic (exact) mass is 230 g/mol. The van der Waals surface area contributed by atoms with Crippen LogP contribution in [0.4, 0.5) is 13.2 Å². The van der Waals surface area contributed by atoms with Crippen LogP contribution in [-0.2, 0) is 11.6 Å². The number of rotatable bonds is 2. The molecule has 0 amide bonds. The van der Waals surface area contributed by atoms with Crippen molar-refractivity contribution in [2.24, 2.45) is 5.73 Å². The van der Waals surface area contributed by atoms with Crippen LogP contribution >= 0.6 is 0 Å². The number of pyridine rings is 1. The van der Waals surface area contributed by atoms with Crippen molar-refractivity contribution in [1.29, 1.82) is 0 Å². The molecule has 1 aliphatic rings. The van der Waals surface area contributed by atoms with E-state index in [9.17, 15) is 13.2 Å². The quantitative estimate of drug-likeness (QED) is 0.847. The summed E-state index contributed by atoms with van der Waals surface area (Å²) in [4.78, 5) is 3.46. The molecule has 1 aromatic rings. The third-order valence-electron chi connectivity index (χ3n) is 3.29. The molecule has 1 unspecified atom stereocenters. The summed E-state index contributed by atoms with van der Waals surface area (Å²) in [5.41, 5.74) is 5.66. The molecule has 1 atom stereocenters. The summed E-state index contributed by atoms with van der Waals surface area (Å²) in [6, 6.07) is 2.47. The highest BCUT2D eigenvalue weighted by atomic mass is 19.4. The van der Waals surface area contributed by atoms with Gasteiger partial charge in [-0.3, -0.25) is 4.98 Å². The molecule has 5 heteroatoms. The summed E-state index contributed by atoms with van der Waals surface area (Å²) in [5, 5.41) is 0. The lowest BCUT2D eigenvalue weighted by atomic mass is 9.91. The Bertz CT molecular complexity index is 377. The normalized spacial score (nSPS) is 20.6. The van der Waals surface area contributed by atoms with Gasteiger partial charge in [-0.25, -0.2) is 0 Å². The Labute approximate surface area is 91.7 Å². The molecule has 0 aromatic carbocycles. The molecular formula is C11H13F3N2. The van der Waals surface area contributed by atoms with Gasteiger partial charge in [0.1, 0.15) is 5.69 Å². The Kier molecular flexibility index (Phi) is 2.45. The molecule has 1 saturated carbocycles. The summed E-state index contributed by atoms with van der Waals surface area (Å²) in [5.74, 6) is 0. The highest BCUT2D eigenvalue weighted by Crippen LogP contribution is 2.50. The molecule has 0 aliphatic heterocycles. The highest BCUT2D eigenvalue weighted by molar-refractivity contribution is 5.32. The summed E-state index contributed by atoms with van der Waals surface area (Å²) in [6.07, 6.45) is -1.21. The van der Waals surface area contributed by atoms with E-state index >= 15 is 0 Å². The van der Waals surface area contributed by atoms with Crippen molar-refractivity contribution < 1.29 is 13.2 Å². The first kappa shape index (κ1) is 11.4. The van der Waals surface area contributed by atoms with Gasteiger partial charge in [0.05, 0.1) is 0 Å². The minimum Gasteiger partial charge on any atom is -0.327 e. The second-order valence-corrected chi connectivity index (χ2v) is 4.37. The fraction of sp³-hybridized carbons (Fsp3) is 0.545. The average Bonchev–Trinajstić information content (AvgIpc) is 2.97. The van der Waals surface area contributed by atoms with Gasteiger partial charge in [-0.05, 0) is 31.4 Å². The van der Waals surface area contributed by atoms with E-state index in [1.165, 1.54) is 12.3 Å². The fourth-order valence-corrected chi connectivity index (χ4v) is 2.00. The maximum Gasteiger partial charge on any atom is 0.433 e. The smallest absolute Gasteiger partial charge is 0.327 e. The molecule has 88 valence electrons. The lowest BCUT2D eigenvalue weighted by molar-refractivity contribution is -0.141. The van der Waals surface area contributed by atoms with Gasteiger partial charge in [-0.15, -0.1) is 0 Å². The first-order valence-electron chi connectivity index (χ1n) is 5.15. The third-order valence-corrected chi connectivity index (χ3v) is 3.29. The van der Waals surface area contributed by atoms with Crippen LogP contribution in [0.3, 0.4) is 0 Å². The number of hydrogen-bond donors (Lipinski definition) is 1. The molecule has 0 bridgehead atoms. The van der Waals surface area contributed by atoms with Crippen molar-refractivity contribution in [2.75, 3.05) is 0 Å². The molecule has 0 spiro atoms. The van der Waals surface area contributed by atoms with Crippen molar-refractivity contribution in [3.05, 3.63) is 29.6 Å². The standard InChI is InChI=1S/C11H13F3N2/c1-7(15)10(4-5-10)8-2-3-9(16-6-8)11(12,13)14/h2-3,6-7H,4-5,15H2,1H3. The molecule has 2 N–H and O–H groups in total. The van der Waals surface area contributed by atoms with Gasteiger partial charge in [0, 0.05) is 17.7 Å². The maximum absolute atomic E-state index is 12.3. The van der Waals surface area contributed by atoms with Crippen molar-refractivity contribution in [2.45, 2.75) is 37.4 Å². The number of nitrogens with two attached hydrogens (primary N) is 1. The van der Waals surface area contributed by atoms with Gasteiger partial charge in [-0.1, -0.05) is 6.07 Å². The summed E-state index contributed by atoms with van der Waals surface area (Å²) in [7, 11) is 0.